The van der Waals surface area contributed by atoms with Crippen LogP contribution < -0.4 is 5.32 Å². The Morgan fingerprint density at radius 1 is 1.41 bits per heavy atom. The summed E-state index contributed by atoms with van der Waals surface area (Å²) in [4.78, 5) is 6.85. The minimum atomic E-state index is 0.242. The van der Waals surface area contributed by atoms with Gasteiger partial charge in [0, 0.05) is 13.0 Å². The Bertz CT molecular complexity index is 331. The molecule has 0 bridgehead atoms. The lowest BCUT2D eigenvalue weighted by Crippen LogP contribution is -2.31. The summed E-state index contributed by atoms with van der Waals surface area (Å²) >= 11 is 0. The van der Waals surface area contributed by atoms with E-state index in [0.717, 1.165) is 24.6 Å². The average Bonchev–Trinajstić information content (AvgIpc) is 2.85. The normalized spacial score (nSPS) is 19.4. The number of likely N-dealkylation sites (tertiary alicyclic amines) is 1. The number of aromatic nitrogens is 1. The van der Waals surface area contributed by atoms with Crippen molar-refractivity contribution in [2.45, 2.75) is 38.6 Å². The molecule has 1 aliphatic rings. The molecule has 1 atom stereocenters. The van der Waals surface area contributed by atoms with Gasteiger partial charge in [0.2, 0.25) is 0 Å². The van der Waals surface area contributed by atoms with E-state index in [9.17, 15) is 0 Å². The standard InChI is InChI=1S/C13H23N3O/c1-11(14-2)12-10-15-13(17-12)6-9-16-7-4-3-5-8-16/h10-11,14H,3-9H2,1-2H3. The summed E-state index contributed by atoms with van der Waals surface area (Å²) in [5, 5.41) is 3.16. The van der Waals surface area contributed by atoms with Gasteiger partial charge in [-0.25, -0.2) is 4.98 Å². The molecule has 0 aliphatic carbocycles. The number of piperidine rings is 1. The second-order valence-corrected chi connectivity index (χ2v) is 4.82. The van der Waals surface area contributed by atoms with Crippen LogP contribution in [0.5, 0.6) is 0 Å². The Labute approximate surface area is 103 Å². The smallest absolute Gasteiger partial charge is 0.195 e. The van der Waals surface area contributed by atoms with E-state index in [1.807, 2.05) is 13.2 Å². The first kappa shape index (κ1) is 12.6. The van der Waals surface area contributed by atoms with E-state index in [1.165, 1.54) is 32.4 Å². The maximum absolute atomic E-state index is 5.73. The number of nitrogens with zero attached hydrogens (tertiary/aromatic N) is 2. The van der Waals surface area contributed by atoms with Crippen molar-refractivity contribution in [1.82, 2.24) is 15.2 Å². The minimum Gasteiger partial charge on any atom is -0.444 e. The molecule has 1 aliphatic heterocycles. The molecule has 2 heterocycles. The highest BCUT2D eigenvalue weighted by atomic mass is 16.4. The number of nitrogens with one attached hydrogen (secondary N) is 1. The van der Waals surface area contributed by atoms with Crippen LogP contribution in [-0.2, 0) is 6.42 Å². The molecule has 1 unspecified atom stereocenters. The van der Waals surface area contributed by atoms with Gasteiger partial charge < -0.3 is 14.6 Å². The van der Waals surface area contributed by atoms with Crippen molar-refractivity contribution < 1.29 is 4.42 Å². The van der Waals surface area contributed by atoms with Crippen LogP contribution in [0.2, 0.25) is 0 Å². The van der Waals surface area contributed by atoms with Gasteiger partial charge in [-0.1, -0.05) is 6.42 Å². The predicted octanol–water partition coefficient (Wildman–Crippen LogP) is 1.98. The maximum atomic E-state index is 5.73. The predicted molar refractivity (Wildman–Crippen MR) is 68.0 cm³/mol. The zero-order valence-corrected chi connectivity index (χ0v) is 10.9. The minimum absolute atomic E-state index is 0.242. The van der Waals surface area contributed by atoms with Crippen LogP contribution in [0, 0.1) is 0 Å². The first-order chi connectivity index (χ1) is 8.29. The van der Waals surface area contributed by atoms with E-state index >= 15 is 0 Å². The van der Waals surface area contributed by atoms with Gasteiger partial charge in [-0.05, 0) is 39.9 Å². The number of oxazole rings is 1. The fourth-order valence-electron chi connectivity index (χ4n) is 2.22. The summed E-state index contributed by atoms with van der Waals surface area (Å²) in [6, 6.07) is 0.242. The van der Waals surface area contributed by atoms with Crippen molar-refractivity contribution in [1.29, 1.82) is 0 Å². The van der Waals surface area contributed by atoms with E-state index < -0.39 is 0 Å². The molecule has 0 radical (unpaired) electrons. The van der Waals surface area contributed by atoms with Gasteiger partial charge in [-0.3, -0.25) is 0 Å². The summed E-state index contributed by atoms with van der Waals surface area (Å²) < 4.78 is 5.73. The Hall–Kier alpha value is -0.870. The fourth-order valence-corrected chi connectivity index (χ4v) is 2.22. The van der Waals surface area contributed by atoms with E-state index in [-0.39, 0.29) is 6.04 Å². The van der Waals surface area contributed by atoms with Gasteiger partial charge in [0.15, 0.2) is 5.89 Å². The zero-order chi connectivity index (χ0) is 12.1. The van der Waals surface area contributed by atoms with Crippen LogP contribution in [0.1, 0.15) is 43.9 Å². The van der Waals surface area contributed by atoms with Crippen LogP contribution in [0.4, 0.5) is 0 Å². The molecule has 0 amide bonds. The summed E-state index contributed by atoms with van der Waals surface area (Å²) in [6.45, 7) is 5.63. The number of hydrogen-bond acceptors (Lipinski definition) is 4. The van der Waals surface area contributed by atoms with Crippen molar-refractivity contribution >= 4 is 0 Å². The van der Waals surface area contributed by atoms with Crippen LogP contribution in [-0.4, -0.2) is 36.6 Å². The van der Waals surface area contributed by atoms with Gasteiger partial charge >= 0.3 is 0 Å². The van der Waals surface area contributed by atoms with E-state index in [4.69, 9.17) is 4.42 Å². The van der Waals surface area contributed by atoms with Crippen LogP contribution in [0.3, 0.4) is 0 Å². The summed E-state index contributed by atoms with van der Waals surface area (Å²) in [6.07, 6.45) is 6.84. The number of rotatable bonds is 5. The first-order valence-electron chi connectivity index (χ1n) is 6.64. The Balaban J connectivity index is 1.80. The molecule has 0 spiro atoms. The van der Waals surface area contributed by atoms with E-state index in [1.54, 1.807) is 0 Å². The molecule has 0 saturated carbocycles. The molecule has 2 rings (SSSR count). The second-order valence-electron chi connectivity index (χ2n) is 4.82. The monoisotopic (exact) mass is 237 g/mol. The third-order valence-corrected chi connectivity index (χ3v) is 3.52. The van der Waals surface area contributed by atoms with Crippen molar-refractivity contribution in [3.63, 3.8) is 0 Å². The fraction of sp³-hybridized carbons (Fsp3) is 0.769. The zero-order valence-electron chi connectivity index (χ0n) is 10.9. The van der Waals surface area contributed by atoms with Gasteiger partial charge in [0.05, 0.1) is 12.2 Å². The summed E-state index contributed by atoms with van der Waals surface area (Å²) in [7, 11) is 1.93. The maximum Gasteiger partial charge on any atom is 0.195 e. The van der Waals surface area contributed by atoms with Crippen LogP contribution in [0.25, 0.3) is 0 Å². The number of hydrogen-bond donors (Lipinski definition) is 1. The third-order valence-electron chi connectivity index (χ3n) is 3.52. The molecule has 17 heavy (non-hydrogen) atoms. The van der Waals surface area contributed by atoms with Gasteiger partial charge in [0.25, 0.3) is 0 Å². The second kappa shape index (κ2) is 6.17. The molecular formula is C13H23N3O. The molecule has 4 heteroatoms. The van der Waals surface area contributed by atoms with Crippen molar-refractivity contribution in [2.24, 2.45) is 0 Å². The molecule has 1 aromatic heterocycles. The molecular weight excluding hydrogens is 214 g/mol. The highest BCUT2D eigenvalue weighted by Gasteiger charge is 2.13. The van der Waals surface area contributed by atoms with Crippen LogP contribution >= 0.6 is 0 Å². The molecule has 1 saturated heterocycles. The largest absolute Gasteiger partial charge is 0.444 e. The SMILES string of the molecule is CNC(C)c1cnc(CCN2CCCCC2)o1. The highest BCUT2D eigenvalue weighted by Crippen LogP contribution is 2.14. The Kier molecular flexibility index (Phi) is 4.57. The Morgan fingerprint density at radius 2 is 2.18 bits per heavy atom. The van der Waals surface area contributed by atoms with Gasteiger partial charge in [0.1, 0.15) is 5.76 Å². The molecule has 1 aromatic rings. The topological polar surface area (TPSA) is 41.3 Å². The lowest BCUT2D eigenvalue weighted by molar-refractivity contribution is 0.225. The first-order valence-corrected chi connectivity index (χ1v) is 6.64. The lowest BCUT2D eigenvalue weighted by Gasteiger charge is -2.25. The van der Waals surface area contributed by atoms with Crippen molar-refractivity contribution in [3.8, 4) is 0 Å². The van der Waals surface area contributed by atoms with E-state index in [2.05, 4.69) is 22.1 Å². The van der Waals surface area contributed by atoms with Crippen molar-refractivity contribution in [3.05, 3.63) is 17.8 Å². The molecule has 1 N–H and O–H groups in total. The molecule has 96 valence electrons. The third kappa shape index (κ3) is 3.54. The average molecular weight is 237 g/mol. The summed E-state index contributed by atoms with van der Waals surface area (Å²) in [5.74, 6) is 1.80. The molecule has 1 fully saturated rings. The molecule has 0 aromatic carbocycles. The van der Waals surface area contributed by atoms with Gasteiger partial charge in [-0.15, -0.1) is 0 Å². The Morgan fingerprint density at radius 3 is 2.88 bits per heavy atom. The van der Waals surface area contributed by atoms with Crippen LogP contribution in [0.15, 0.2) is 10.6 Å². The molecule has 4 nitrogen and oxygen atoms in total. The lowest BCUT2D eigenvalue weighted by atomic mass is 10.1. The highest BCUT2D eigenvalue weighted by molar-refractivity contribution is 4.99. The summed E-state index contributed by atoms with van der Waals surface area (Å²) in [5.41, 5.74) is 0. The van der Waals surface area contributed by atoms with E-state index in [0.29, 0.717) is 0 Å². The quantitative estimate of drug-likeness (QED) is 0.850. The van der Waals surface area contributed by atoms with Gasteiger partial charge in [-0.2, -0.15) is 0 Å². The van der Waals surface area contributed by atoms with Crippen molar-refractivity contribution in [2.75, 3.05) is 26.7 Å².